The predicted octanol–water partition coefficient (Wildman–Crippen LogP) is 3.66. The molecule has 0 radical (unpaired) electrons. The lowest BCUT2D eigenvalue weighted by atomic mass is 9.96. The van der Waals surface area contributed by atoms with Crippen LogP contribution in [0.15, 0.2) is 48.5 Å². The first-order chi connectivity index (χ1) is 8.88. The van der Waals surface area contributed by atoms with Gasteiger partial charge in [-0.1, -0.05) is 42.5 Å². The normalized spacial score (nSPS) is 16.7. The molecule has 2 aromatic carbocycles. The van der Waals surface area contributed by atoms with E-state index in [0.29, 0.717) is 6.42 Å². The third-order valence-corrected chi connectivity index (χ3v) is 3.45. The number of nitriles is 1. The minimum atomic E-state index is 0.0925. The van der Waals surface area contributed by atoms with Crippen LogP contribution in [0.5, 0.6) is 0 Å². The Balaban J connectivity index is 2.12. The number of nitrogens with zero attached hydrogens (tertiary/aromatic N) is 1. The van der Waals surface area contributed by atoms with Gasteiger partial charge in [0.05, 0.1) is 18.5 Å². The molecule has 2 aromatic rings. The Morgan fingerprint density at radius 2 is 1.78 bits per heavy atom. The number of hydrogen-bond acceptors (Lipinski definition) is 2. The summed E-state index contributed by atoms with van der Waals surface area (Å²) in [6.45, 7) is 0. The zero-order valence-electron chi connectivity index (χ0n) is 10.1. The zero-order valence-corrected chi connectivity index (χ0v) is 10.1. The van der Waals surface area contributed by atoms with Crippen LogP contribution >= 0.6 is 0 Å². The maximum absolute atomic E-state index is 8.99. The minimum Gasteiger partial charge on any atom is -0.377 e. The molecule has 0 bridgehead atoms. The Kier molecular flexibility index (Phi) is 2.74. The first kappa shape index (κ1) is 10.9. The van der Waals surface area contributed by atoms with Gasteiger partial charge in [0.15, 0.2) is 0 Å². The van der Waals surface area contributed by atoms with Gasteiger partial charge in [-0.25, -0.2) is 0 Å². The molecule has 1 aliphatic rings. The highest BCUT2D eigenvalue weighted by atomic mass is 14.9. The molecule has 1 aliphatic heterocycles. The standard InChI is InChI=1S/C16H14N2/c17-10-9-16-14-7-3-1-5-12(14)11-13-6-2-4-8-15(13)18-16/h1-8,16,18H,9,11H2. The van der Waals surface area contributed by atoms with E-state index >= 15 is 0 Å². The van der Waals surface area contributed by atoms with Crippen molar-refractivity contribution in [2.45, 2.75) is 18.9 Å². The van der Waals surface area contributed by atoms with Crippen LogP contribution in [0.2, 0.25) is 0 Å². The van der Waals surface area contributed by atoms with E-state index in [4.69, 9.17) is 5.26 Å². The number of hydrogen-bond donors (Lipinski definition) is 1. The summed E-state index contributed by atoms with van der Waals surface area (Å²) in [5.41, 5.74) is 5.00. The summed E-state index contributed by atoms with van der Waals surface area (Å²) in [6, 6.07) is 19.1. The lowest BCUT2D eigenvalue weighted by molar-refractivity contribution is 0.804. The highest BCUT2D eigenvalue weighted by molar-refractivity contribution is 5.58. The molecule has 2 heteroatoms. The number of nitrogens with one attached hydrogen (secondary N) is 1. The fourth-order valence-corrected chi connectivity index (χ4v) is 2.57. The summed E-state index contributed by atoms with van der Waals surface area (Å²) in [7, 11) is 0. The molecular weight excluding hydrogens is 220 g/mol. The van der Waals surface area contributed by atoms with Gasteiger partial charge in [0, 0.05) is 5.69 Å². The molecule has 1 N–H and O–H groups in total. The van der Waals surface area contributed by atoms with Gasteiger partial charge < -0.3 is 5.32 Å². The Labute approximate surface area is 107 Å². The summed E-state index contributed by atoms with van der Waals surface area (Å²) in [5.74, 6) is 0. The van der Waals surface area contributed by atoms with Crippen LogP contribution in [-0.2, 0) is 6.42 Å². The van der Waals surface area contributed by atoms with E-state index in [2.05, 4.69) is 47.8 Å². The van der Waals surface area contributed by atoms with Crippen LogP contribution in [0.1, 0.15) is 29.2 Å². The average molecular weight is 234 g/mol. The maximum Gasteiger partial charge on any atom is 0.0647 e. The predicted molar refractivity (Wildman–Crippen MR) is 72.3 cm³/mol. The van der Waals surface area contributed by atoms with Crippen molar-refractivity contribution >= 4 is 5.69 Å². The van der Waals surface area contributed by atoms with Crippen molar-refractivity contribution in [1.82, 2.24) is 0 Å². The molecule has 1 atom stereocenters. The smallest absolute Gasteiger partial charge is 0.0647 e. The second kappa shape index (κ2) is 4.54. The molecule has 0 aliphatic carbocycles. The van der Waals surface area contributed by atoms with Crippen molar-refractivity contribution in [3.8, 4) is 6.07 Å². The van der Waals surface area contributed by atoms with Crippen LogP contribution in [-0.4, -0.2) is 0 Å². The van der Waals surface area contributed by atoms with Crippen molar-refractivity contribution < 1.29 is 0 Å². The van der Waals surface area contributed by atoms with Crippen molar-refractivity contribution in [2.75, 3.05) is 5.32 Å². The van der Waals surface area contributed by atoms with Gasteiger partial charge >= 0.3 is 0 Å². The van der Waals surface area contributed by atoms with Gasteiger partial charge in [0.2, 0.25) is 0 Å². The van der Waals surface area contributed by atoms with E-state index in [1.54, 1.807) is 0 Å². The third kappa shape index (κ3) is 1.84. The Bertz CT molecular complexity index is 610. The summed E-state index contributed by atoms with van der Waals surface area (Å²) in [4.78, 5) is 0. The fourth-order valence-electron chi connectivity index (χ4n) is 2.57. The van der Waals surface area contributed by atoms with Crippen LogP contribution in [0.25, 0.3) is 0 Å². The van der Waals surface area contributed by atoms with E-state index < -0.39 is 0 Å². The van der Waals surface area contributed by atoms with Crippen molar-refractivity contribution in [2.24, 2.45) is 0 Å². The van der Waals surface area contributed by atoms with Crippen molar-refractivity contribution in [3.63, 3.8) is 0 Å². The molecule has 0 amide bonds. The van der Waals surface area contributed by atoms with Gasteiger partial charge in [-0.3, -0.25) is 0 Å². The summed E-state index contributed by atoms with van der Waals surface area (Å²) >= 11 is 0. The van der Waals surface area contributed by atoms with Crippen LogP contribution in [0.3, 0.4) is 0 Å². The molecule has 1 heterocycles. The van der Waals surface area contributed by atoms with Gasteiger partial charge in [-0.2, -0.15) is 5.26 Å². The van der Waals surface area contributed by atoms with E-state index in [9.17, 15) is 0 Å². The molecule has 0 saturated carbocycles. The van der Waals surface area contributed by atoms with Gasteiger partial charge in [-0.15, -0.1) is 0 Å². The first-order valence-corrected chi connectivity index (χ1v) is 6.17. The lowest BCUT2D eigenvalue weighted by Gasteiger charge is -2.17. The second-order valence-corrected chi connectivity index (χ2v) is 4.59. The monoisotopic (exact) mass is 234 g/mol. The maximum atomic E-state index is 8.99. The molecular formula is C16H14N2. The van der Waals surface area contributed by atoms with Crippen LogP contribution in [0.4, 0.5) is 5.69 Å². The molecule has 2 nitrogen and oxygen atoms in total. The molecule has 0 spiro atoms. The number of rotatable bonds is 1. The first-order valence-electron chi connectivity index (χ1n) is 6.17. The van der Waals surface area contributed by atoms with Gasteiger partial charge in [0.1, 0.15) is 0 Å². The lowest BCUT2D eigenvalue weighted by Crippen LogP contribution is -2.10. The van der Waals surface area contributed by atoms with E-state index in [1.807, 2.05) is 12.1 Å². The zero-order chi connectivity index (χ0) is 12.4. The number of benzene rings is 2. The molecule has 0 saturated heterocycles. The fraction of sp³-hybridized carbons (Fsp3) is 0.188. The Hall–Kier alpha value is -2.27. The van der Waals surface area contributed by atoms with Crippen LogP contribution < -0.4 is 5.32 Å². The Morgan fingerprint density at radius 1 is 1.06 bits per heavy atom. The molecule has 88 valence electrons. The minimum absolute atomic E-state index is 0.0925. The average Bonchev–Trinajstić information content (AvgIpc) is 2.56. The van der Waals surface area contributed by atoms with Gasteiger partial charge in [0.25, 0.3) is 0 Å². The topological polar surface area (TPSA) is 35.8 Å². The molecule has 1 unspecified atom stereocenters. The molecule has 0 fully saturated rings. The van der Waals surface area contributed by atoms with Gasteiger partial charge in [-0.05, 0) is 29.2 Å². The molecule has 3 rings (SSSR count). The van der Waals surface area contributed by atoms with Crippen LogP contribution in [0, 0.1) is 11.3 Å². The SMILES string of the molecule is N#CCC1Nc2ccccc2Cc2ccccc21. The van der Waals surface area contributed by atoms with E-state index in [0.717, 1.165) is 12.1 Å². The third-order valence-electron chi connectivity index (χ3n) is 3.45. The molecule has 18 heavy (non-hydrogen) atoms. The number of anilines is 1. The highest BCUT2D eigenvalue weighted by Gasteiger charge is 2.20. The highest BCUT2D eigenvalue weighted by Crippen LogP contribution is 2.33. The summed E-state index contributed by atoms with van der Waals surface area (Å²) in [5, 5.41) is 12.5. The largest absolute Gasteiger partial charge is 0.377 e. The second-order valence-electron chi connectivity index (χ2n) is 4.59. The quantitative estimate of drug-likeness (QED) is 0.817. The van der Waals surface area contributed by atoms with E-state index in [-0.39, 0.29) is 6.04 Å². The van der Waals surface area contributed by atoms with Crippen molar-refractivity contribution in [1.29, 1.82) is 5.26 Å². The number of fused-ring (bicyclic) bond motifs is 2. The summed E-state index contributed by atoms with van der Waals surface area (Å²) in [6.07, 6.45) is 1.42. The van der Waals surface area contributed by atoms with Crippen molar-refractivity contribution in [3.05, 3.63) is 65.2 Å². The Morgan fingerprint density at radius 3 is 2.61 bits per heavy atom. The van der Waals surface area contributed by atoms with E-state index in [1.165, 1.54) is 16.7 Å². The molecule has 0 aromatic heterocycles. The number of para-hydroxylation sites is 1. The summed E-state index contributed by atoms with van der Waals surface area (Å²) < 4.78 is 0.